The van der Waals surface area contributed by atoms with Crippen molar-refractivity contribution in [2.45, 2.75) is 18.7 Å². The molecule has 1 fully saturated rings. The van der Waals surface area contributed by atoms with Crippen molar-refractivity contribution >= 4 is 13.1 Å². The number of rotatable bonds is 4. The number of carboxylic acids is 1. The first kappa shape index (κ1) is 12.1. The van der Waals surface area contributed by atoms with Gasteiger partial charge in [-0.1, -0.05) is 37.3 Å². The van der Waals surface area contributed by atoms with E-state index in [1.165, 1.54) is 0 Å². The molecule has 1 aliphatic heterocycles. The van der Waals surface area contributed by atoms with E-state index in [4.69, 9.17) is 14.4 Å². The highest BCUT2D eigenvalue weighted by Crippen LogP contribution is 2.33. The Morgan fingerprint density at radius 3 is 2.47 bits per heavy atom. The van der Waals surface area contributed by atoms with Crippen molar-refractivity contribution in [3.63, 3.8) is 0 Å². The van der Waals surface area contributed by atoms with Gasteiger partial charge in [0.1, 0.15) is 0 Å². The van der Waals surface area contributed by atoms with E-state index < -0.39 is 18.4 Å². The van der Waals surface area contributed by atoms with Crippen molar-refractivity contribution in [1.29, 1.82) is 0 Å². The van der Waals surface area contributed by atoms with Gasteiger partial charge in [-0.3, -0.25) is 4.79 Å². The summed E-state index contributed by atoms with van der Waals surface area (Å²) < 4.78 is 11.0. The third-order valence-electron chi connectivity index (χ3n) is 3.09. The van der Waals surface area contributed by atoms with Gasteiger partial charge in [0.25, 0.3) is 0 Å². The normalized spacial score (nSPS) is 19.0. The van der Waals surface area contributed by atoms with Crippen LogP contribution in [-0.4, -0.2) is 31.4 Å². The Labute approximate surface area is 101 Å². The van der Waals surface area contributed by atoms with Gasteiger partial charge in [0.15, 0.2) is 0 Å². The van der Waals surface area contributed by atoms with Gasteiger partial charge >= 0.3 is 13.1 Å². The van der Waals surface area contributed by atoms with Crippen LogP contribution in [0.5, 0.6) is 0 Å². The maximum absolute atomic E-state index is 11.0. The third kappa shape index (κ3) is 2.51. The molecule has 1 N–H and O–H groups in total. The van der Waals surface area contributed by atoms with Crippen molar-refractivity contribution in [3.8, 4) is 0 Å². The summed E-state index contributed by atoms with van der Waals surface area (Å²) in [6, 6.07) is 9.51. The predicted molar refractivity (Wildman–Crippen MR) is 63.7 cm³/mol. The van der Waals surface area contributed by atoms with Crippen LogP contribution in [0.15, 0.2) is 30.3 Å². The molecule has 1 saturated heterocycles. The quantitative estimate of drug-likeness (QED) is 0.802. The second-order valence-corrected chi connectivity index (χ2v) is 4.43. The molecule has 1 aromatic rings. The fourth-order valence-electron chi connectivity index (χ4n) is 2.18. The van der Waals surface area contributed by atoms with Crippen molar-refractivity contribution < 1.29 is 19.2 Å². The molecule has 0 amide bonds. The van der Waals surface area contributed by atoms with Crippen LogP contribution in [-0.2, 0) is 19.4 Å². The van der Waals surface area contributed by atoms with Gasteiger partial charge in [-0.05, 0) is 5.56 Å². The minimum Gasteiger partial charge on any atom is -0.481 e. The second kappa shape index (κ2) is 4.90. The fraction of sp³-hybridized carbons (Fsp3) is 0.417. The highest BCUT2D eigenvalue weighted by atomic mass is 16.6. The molecule has 4 nitrogen and oxygen atoms in total. The average molecular weight is 234 g/mol. The van der Waals surface area contributed by atoms with Crippen LogP contribution >= 0.6 is 0 Å². The molecule has 1 atom stereocenters. The monoisotopic (exact) mass is 234 g/mol. The predicted octanol–water partition coefficient (Wildman–Crippen LogP) is 1.49. The number of hydrogen-bond donors (Lipinski definition) is 1. The zero-order valence-corrected chi connectivity index (χ0v) is 9.76. The number of carboxylic acid groups (broad SMARTS) is 1. The molecule has 1 unspecified atom stereocenters. The maximum Gasteiger partial charge on any atom is 0.468 e. The molecule has 5 heteroatoms. The molecular weight excluding hydrogens is 219 g/mol. The molecule has 17 heavy (non-hydrogen) atoms. The van der Waals surface area contributed by atoms with Gasteiger partial charge in [-0.2, -0.15) is 0 Å². The first-order valence-corrected chi connectivity index (χ1v) is 5.63. The summed E-state index contributed by atoms with van der Waals surface area (Å²) in [6.07, 6.45) is -0.0122. The van der Waals surface area contributed by atoms with Crippen LogP contribution in [0.4, 0.5) is 0 Å². The molecule has 1 heterocycles. The molecular formula is C12H15BO4. The molecule has 0 radical (unpaired) electrons. The van der Waals surface area contributed by atoms with E-state index in [1.807, 2.05) is 37.3 Å². The van der Waals surface area contributed by atoms with E-state index in [0.717, 1.165) is 5.56 Å². The lowest BCUT2D eigenvalue weighted by atomic mass is 9.53. The standard InChI is InChI=1S/C12H15BO4/c1-12(9-11(14)15,13-16-7-8-17-13)10-5-3-2-4-6-10/h2-6H,7-9H2,1H3,(H,14,15). The van der Waals surface area contributed by atoms with Gasteiger partial charge in [-0.25, -0.2) is 0 Å². The summed E-state index contributed by atoms with van der Waals surface area (Å²) in [5, 5.41) is 8.41. The van der Waals surface area contributed by atoms with Crippen molar-refractivity contribution in [1.82, 2.24) is 0 Å². The molecule has 0 aliphatic carbocycles. The molecule has 0 aromatic heterocycles. The summed E-state index contributed by atoms with van der Waals surface area (Å²) >= 11 is 0. The van der Waals surface area contributed by atoms with Crippen LogP contribution in [0.2, 0.25) is 0 Å². The van der Waals surface area contributed by atoms with E-state index in [1.54, 1.807) is 0 Å². The Hall–Kier alpha value is -1.33. The van der Waals surface area contributed by atoms with Crippen LogP contribution in [0.3, 0.4) is 0 Å². The first-order chi connectivity index (χ1) is 8.13. The topological polar surface area (TPSA) is 55.8 Å². The van der Waals surface area contributed by atoms with Gasteiger partial charge in [0.05, 0.1) is 19.6 Å². The van der Waals surface area contributed by atoms with E-state index in [0.29, 0.717) is 13.2 Å². The number of benzene rings is 1. The summed E-state index contributed by atoms with van der Waals surface area (Å²) in [5.41, 5.74) is 0.925. The van der Waals surface area contributed by atoms with Crippen molar-refractivity contribution in [2.24, 2.45) is 0 Å². The SMILES string of the molecule is CC(CC(=O)O)(B1OCCO1)c1ccccc1. The maximum atomic E-state index is 11.0. The number of hydrogen-bond acceptors (Lipinski definition) is 3. The smallest absolute Gasteiger partial charge is 0.468 e. The Kier molecular flexibility index (Phi) is 3.50. The van der Waals surface area contributed by atoms with E-state index in [2.05, 4.69) is 0 Å². The van der Waals surface area contributed by atoms with Gasteiger partial charge in [0, 0.05) is 5.31 Å². The van der Waals surface area contributed by atoms with E-state index in [-0.39, 0.29) is 6.42 Å². The lowest BCUT2D eigenvalue weighted by molar-refractivity contribution is -0.137. The second-order valence-electron chi connectivity index (χ2n) is 4.43. The fourth-order valence-corrected chi connectivity index (χ4v) is 2.18. The van der Waals surface area contributed by atoms with Gasteiger partial charge in [0.2, 0.25) is 0 Å². The Morgan fingerprint density at radius 1 is 1.35 bits per heavy atom. The molecule has 0 bridgehead atoms. The summed E-state index contributed by atoms with van der Waals surface area (Å²) in [6.45, 7) is 2.91. The molecule has 1 aromatic carbocycles. The van der Waals surface area contributed by atoms with Crippen LogP contribution in [0.1, 0.15) is 18.9 Å². The zero-order valence-electron chi connectivity index (χ0n) is 9.76. The molecule has 0 spiro atoms. The summed E-state index contributed by atoms with van der Waals surface area (Å²) in [4.78, 5) is 11.0. The number of aliphatic carboxylic acids is 1. The van der Waals surface area contributed by atoms with E-state index >= 15 is 0 Å². The zero-order chi connectivity index (χ0) is 12.3. The highest BCUT2D eigenvalue weighted by Gasteiger charge is 2.47. The van der Waals surface area contributed by atoms with Gasteiger partial charge in [-0.15, -0.1) is 0 Å². The largest absolute Gasteiger partial charge is 0.481 e. The Morgan fingerprint density at radius 2 is 1.94 bits per heavy atom. The van der Waals surface area contributed by atoms with Crippen LogP contribution < -0.4 is 0 Å². The highest BCUT2D eigenvalue weighted by molar-refractivity contribution is 6.49. The summed E-state index contributed by atoms with van der Waals surface area (Å²) in [7, 11) is -0.485. The first-order valence-electron chi connectivity index (χ1n) is 5.63. The third-order valence-corrected chi connectivity index (χ3v) is 3.09. The Balaban J connectivity index is 2.32. The van der Waals surface area contributed by atoms with Crippen molar-refractivity contribution in [2.75, 3.05) is 13.2 Å². The van der Waals surface area contributed by atoms with Gasteiger partial charge < -0.3 is 14.4 Å². The molecule has 90 valence electrons. The Bertz CT molecular complexity index is 389. The minimum absolute atomic E-state index is 0.0122. The lowest BCUT2D eigenvalue weighted by Crippen LogP contribution is -2.43. The number of carbonyl (C=O) groups is 1. The van der Waals surface area contributed by atoms with E-state index in [9.17, 15) is 4.79 Å². The average Bonchev–Trinajstić information content (AvgIpc) is 2.83. The van der Waals surface area contributed by atoms with Crippen LogP contribution in [0, 0.1) is 0 Å². The minimum atomic E-state index is -0.851. The molecule has 1 aliphatic rings. The van der Waals surface area contributed by atoms with Crippen LogP contribution in [0.25, 0.3) is 0 Å². The molecule has 0 saturated carbocycles. The molecule has 2 rings (SSSR count). The van der Waals surface area contributed by atoms with Crippen molar-refractivity contribution in [3.05, 3.63) is 35.9 Å². The lowest BCUT2D eigenvalue weighted by Gasteiger charge is -2.29. The summed E-state index contributed by atoms with van der Waals surface area (Å²) in [5.74, 6) is -0.851.